The van der Waals surface area contributed by atoms with E-state index in [0.29, 0.717) is 30.9 Å². The smallest absolute Gasteiger partial charge is 0.391 e. The van der Waals surface area contributed by atoms with Crippen molar-refractivity contribution in [2.24, 2.45) is 11.8 Å². The van der Waals surface area contributed by atoms with Gasteiger partial charge in [0.15, 0.2) is 0 Å². The molecule has 2 rings (SSSR count). The van der Waals surface area contributed by atoms with Crippen LogP contribution in [0.25, 0.3) is 5.57 Å². The molecule has 0 heterocycles. The molecule has 28 heavy (non-hydrogen) atoms. The van der Waals surface area contributed by atoms with E-state index in [-0.39, 0.29) is 18.8 Å². The van der Waals surface area contributed by atoms with Crippen molar-refractivity contribution in [1.82, 2.24) is 5.32 Å². The van der Waals surface area contributed by atoms with Crippen LogP contribution in [0.3, 0.4) is 0 Å². The third-order valence-electron chi connectivity index (χ3n) is 4.80. The number of rotatable bonds is 5. The van der Waals surface area contributed by atoms with Gasteiger partial charge in [0.1, 0.15) is 17.5 Å². The van der Waals surface area contributed by atoms with E-state index in [4.69, 9.17) is 10.00 Å². The molecule has 0 aliphatic heterocycles. The minimum atomic E-state index is -4.07. The Kier molecular flexibility index (Phi) is 9.45. The third-order valence-corrected chi connectivity index (χ3v) is 4.80. The zero-order chi connectivity index (χ0) is 21.2. The van der Waals surface area contributed by atoms with E-state index >= 15 is 0 Å². The predicted molar refractivity (Wildman–Crippen MR) is 105 cm³/mol. The highest BCUT2D eigenvalue weighted by Gasteiger charge is 2.41. The summed E-state index contributed by atoms with van der Waals surface area (Å²) in [6.07, 6.45) is 1.98. The average Bonchev–Trinajstić information content (AvgIpc) is 2.68. The van der Waals surface area contributed by atoms with Crippen LogP contribution in [0.2, 0.25) is 0 Å². The van der Waals surface area contributed by atoms with E-state index < -0.39 is 12.1 Å². The molecule has 1 aromatic carbocycles. The van der Waals surface area contributed by atoms with E-state index in [1.807, 2.05) is 31.2 Å². The van der Waals surface area contributed by atoms with Gasteiger partial charge in [-0.25, -0.2) is 0 Å². The largest absolute Gasteiger partial charge is 0.493 e. The first kappa shape index (κ1) is 23.4. The van der Waals surface area contributed by atoms with E-state index in [2.05, 4.69) is 23.7 Å². The number of alkyl halides is 3. The highest BCUT2D eigenvalue weighted by molar-refractivity contribution is 5.70. The van der Waals surface area contributed by atoms with Crippen molar-refractivity contribution in [1.29, 1.82) is 5.26 Å². The van der Waals surface area contributed by atoms with Crippen LogP contribution in [-0.4, -0.2) is 19.8 Å². The summed E-state index contributed by atoms with van der Waals surface area (Å²) in [5.41, 5.74) is 2.19. The predicted octanol–water partition coefficient (Wildman–Crippen LogP) is 5.55. The molecular formula is C22H27F3N2O. The van der Waals surface area contributed by atoms with Crippen LogP contribution in [0.1, 0.15) is 45.1 Å². The molecule has 3 nitrogen and oxygen atoms in total. The van der Waals surface area contributed by atoms with Gasteiger partial charge in [0.05, 0.1) is 12.5 Å². The molecule has 0 aromatic heterocycles. The Hall–Kier alpha value is -2.60. The number of halogens is 3. The molecule has 0 bridgehead atoms. The lowest BCUT2D eigenvalue weighted by molar-refractivity contribution is -0.184. The molecule has 0 spiro atoms. The molecule has 1 aliphatic carbocycles. The van der Waals surface area contributed by atoms with Crippen molar-refractivity contribution in [2.75, 3.05) is 13.7 Å². The lowest BCUT2D eigenvalue weighted by Crippen LogP contribution is -2.29. The molecule has 0 saturated heterocycles. The van der Waals surface area contributed by atoms with Crippen molar-refractivity contribution in [3.05, 3.63) is 35.5 Å². The molecular weight excluding hydrogens is 365 g/mol. The molecule has 152 valence electrons. The van der Waals surface area contributed by atoms with Crippen LogP contribution in [0.4, 0.5) is 13.2 Å². The van der Waals surface area contributed by atoms with Gasteiger partial charge < -0.3 is 10.1 Å². The molecule has 0 amide bonds. The fraction of sp³-hybridized carbons (Fsp3) is 0.500. The summed E-state index contributed by atoms with van der Waals surface area (Å²) < 4.78 is 43.9. The monoisotopic (exact) mass is 392 g/mol. The second kappa shape index (κ2) is 11.3. The Balaban J connectivity index is 0.00000122. The van der Waals surface area contributed by atoms with Gasteiger partial charge in [-0.3, -0.25) is 0 Å². The molecule has 1 fully saturated rings. The summed E-state index contributed by atoms with van der Waals surface area (Å²) in [7, 11) is 1.69. The maximum atomic E-state index is 12.7. The van der Waals surface area contributed by atoms with Crippen LogP contribution in [0.15, 0.2) is 30.0 Å². The SMILES string of the molecule is C#CC.CN/C(C#N)=C(\C)c1cccc(OCC2CCC(C(F)(F)F)CC2)c1. The second-order valence-corrected chi connectivity index (χ2v) is 6.75. The minimum absolute atomic E-state index is 0.158. The summed E-state index contributed by atoms with van der Waals surface area (Å²) >= 11 is 0. The molecule has 0 unspecified atom stereocenters. The molecule has 1 N–H and O–H groups in total. The molecule has 1 saturated carbocycles. The highest BCUT2D eigenvalue weighted by atomic mass is 19.4. The number of terminal acetylenes is 1. The number of allylic oxidation sites excluding steroid dienone is 2. The van der Waals surface area contributed by atoms with Gasteiger partial charge in [-0.05, 0) is 68.7 Å². The topological polar surface area (TPSA) is 45.0 Å². The Morgan fingerprint density at radius 3 is 2.39 bits per heavy atom. The fourth-order valence-electron chi connectivity index (χ4n) is 3.16. The highest BCUT2D eigenvalue weighted by Crippen LogP contribution is 2.39. The average molecular weight is 392 g/mol. The van der Waals surface area contributed by atoms with Gasteiger partial charge >= 0.3 is 6.18 Å². The summed E-state index contributed by atoms with van der Waals surface area (Å²) in [5.74, 6) is 1.92. The second-order valence-electron chi connectivity index (χ2n) is 6.75. The Morgan fingerprint density at radius 1 is 1.29 bits per heavy atom. The number of nitrogens with zero attached hydrogens (tertiary/aromatic N) is 1. The van der Waals surface area contributed by atoms with Crippen LogP contribution < -0.4 is 10.1 Å². The van der Waals surface area contributed by atoms with E-state index in [1.54, 1.807) is 14.0 Å². The summed E-state index contributed by atoms with van der Waals surface area (Å²) in [6.45, 7) is 3.93. The number of hydrogen-bond donors (Lipinski definition) is 1. The Labute approximate surface area is 165 Å². The van der Waals surface area contributed by atoms with E-state index in [0.717, 1.165) is 11.1 Å². The van der Waals surface area contributed by atoms with Gasteiger partial charge in [0.25, 0.3) is 0 Å². The molecule has 1 aromatic rings. The Bertz CT molecular complexity index is 733. The Morgan fingerprint density at radius 2 is 1.89 bits per heavy atom. The number of hydrogen-bond acceptors (Lipinski definition) is 3. The van der Waals surface area contributed by atoms with Crippen molar-refractivity contribution >= 4 is 5.57 Å². The number of benzene rings is 1. The number of ether oxygens (including phenoxy) is 1. The lowest BCUT2D eigenvalue weighted by atomic mass is 9.82. The molecule has 6 heteroatoms. The van der Waals surface area contributed by atoms with Crippen molar-refractivity contribution in [3.63, 3.8) is 0 Å². The van der Waals surface area contributed by atoms with Gasteiger partial charge in [0, 0.05) is 7.05 Å². The van der Waals surface area contributed by atoms with E-state index in [9.17, 15) is 13.2 Å². The quantitative estimate of drug-likeness (QED) is 0.528. The molecule has 0 radical (unpaired) electrons. The van der Waals surface area contributed by atoms with Crippen molar-refractivity contribution < 1.29 is 17.9 Å². The maximum absolute atomic E-state index is 12.7. The van der Waals surface area contributed by atoms with E-state index in [1.165, 1.54) is 0 Å². The maximum Gasteiger partial charge on any atom is 0.391 e. The molecule has 1 aliphatic rings. The standard InChI is InChI=1S/C19H23F3N2O.C3H4/c1-13(18(11-23)24-2)15-4-3-5-17(10-15)25-12-14-6-8-16(9-7-14)19(20,21)22;1-3-2/h3-5,10,14,16,24H,6-9,12H2,1-2H3;1H,2H3/b18-13+;. The van der Waals surface area contributed by atoms with Gasteiger partial charge in [-0.2, -0.15) is 18.4 Å². The minimum Gasteiger partial charge on any atom is -0.493 e. The fourth-order valence-corrected chi connectivity index (χ4v) is 3.16. The third kappa shape index (κ3) is 7.19. The normalized spacial score (nSPS) is 19.9. The first-order chi connectivity index (χ1) is 13.3. The lowest BCUT2D eigenvalue weighted by Gasteiger charge is -2.29. The molecule has 0 atom stereocenters. The first-order valence-electron chi connectivity index (χ1n) is 9.22. The number of nitriles is 1. The van der Waals surface area contributed by atoms with Crippen molar-refractivity contribution in [2.45, 2.75) is 45.7 Å². The van der Waals surface area contributed by atoms with Crippen LogP contribution in [0, 0.1) is 35.5 Å². The van der Waals surface area contributed by atoms with Gasteiger partial charge in [-0.15, -0.1) is 12.3 Å². The van der Waals surface area contributed by atoms with Crippen LogP contribution >= 0.6 is 0 Å². The van der Waals surface area contributed by atoms with Gasteiger partial charge in [-0.1, -0.05) is 12.1 Å². The summed E-state index contributed by atoms with van der Waals surface area (Å²) in [4.78, 5) is 0. The summed E-state index contributed by atoms with van der Waals surface area (Å²) in [6, 6.07) is 9.52. The summed E-state index contributed by atoms with van der Waals surface area (Å²) in [5, 5.41) is 12.0. The van der Waals surface area contributed by atoms with Gasteiger partial charge in [0.2, 0.25) is 0 Å². The number of nitrogens with one attached hydrogen (secondary N) is 1. The van der Waals surface area contributed by atoms with Crippen molar-refractivity contribution in [3.8, 4) is 24.2 Å². The zero-order valence-electron chi connectivity index (χ0n) is 16.6. The first-order valence-corrected chi connectivity index (χ1v) is 9.22. The van der Waals surface area contributed by atoms with Crippen LogP contribution in [0.5, 0.6) is 5.75 Å². The zero-order valence-corrected chi connectivity index (χ0v) is 16.6. The van der Waals surface area contributed by atoms with Crippen LogP contribution in [-0.2, 0) is 0 Å².